The lowest BCUT2D eigenvalue weighted by atomic mass is 9.91. The van der Waals surface area contributed by atoms with E-state index in [1.54, 1.807) is 22.7 Å². The van der Waals surface area contributed by atoms with E-state index in [-0.39, 0.29) is 47.2 Å². The molecule has 68 heavy (non-hydrogen) atoms. The molecule has 0 spiro atoms. The maximum Gasteiger partial charge on any atom is 0.250 e. The number of benzene rings is 2. The average Bonchev–Trinajstić information content (AvgIpc) is 4.07. The van der Waals surface area contributed by atoms with Gasteiger partial charge in [-0.2, -0.15) is 5.06 Å². The number of hydrogen-bond donors (Lipinski definition) is 6. The topological polar surface area (TPSA) is 192 Å². The van der Waals surface area contributed by atoms with Gasteiger partial charge >= 0.3 is 0 Å². The highest BCUT2D eigenvalue weighted by atomic mass is 32.1. The Morgan fingerprint density at radius 2 is 1.09 bits per heavy atom. The molecule has 19 heteroatoms. The molecule has 7 N–H and O–H groups in total. The summed E-state index contributed by atoms with van der Waals surface area (Å²) in [6.07, 6.45) is 4.23. The average molecular weight is 992 g/mol. The van der Waals surface area contributed by atoms with Gasteiger partial charge in [0.05, 0.1) is 47.8 Å². The Bertz CT molecular complexity index is 2250. The summed E-state index contributed by atoms with van der Waals surface area (Å²) in [4.78, 5) is 46.4. The molecule has 3 amide bonds. The summed E-state index contributed by atoms with van der Waals surface area (Å²) in [6, 6.07) is 5.26. The Morgan fingerprint density at radius 1 is 0.706 bits per heavy atom. The van der Waals surface area contributed by atoms with Crippen molar-refractivity contribution in [1.29, 1.82) is 0 Å². The fraction of sp³-hybridized carbons (Fsp3) is 0.571. The van der Waals surface area contributed by atoms with Crippen LogP contribution in [0.3, 0.4) is 0 Å². The van der Waals surface area contributed by atoms with E-state index >= 15 is 0 Å². The number of carbonyl (C=O) groups excluding carboxylic acids is 3. The molecule has 2 saturated carbocycles. The largest absolute Gasteiger partial charge is 0.390 e. The lowest BCUT2D eigenvalue weighted by Crippen LogP contribution is -2.49. The number of thiazole rings is 2. The van der Waals surface area contributed by atoms with Crippen LogP contribution in [0.5, 0.6) is 0 Å². The highest BCUT2D eigenvalue weighted by molar-refractivity contribution is 7.10. The molecule has 0 saturated heterocycles. The Hall–Kier alpha value is -4.21. The first-order chi connectivity index (χ1) is 31.6. The fourth-order valence-corrected chi connectivity index (χ4v) is 9.63. The molecular formula is C49H69F4N7O6S2. The van der Waals surface area contributed by atoms with E-state index in [9.17, 15) is 42.2 Å². The first-order valence-corrected chi connectivity index (χ1v) is 24.4. The number of nitrogens with one attached hydrogen (secondary N) is 3. The predicted octanol–water partition coefficient (Wildman–Crippen LogP) is 7.16. The molecule has 4 unspecified atom stereocenters. The predicted molar refractivity (Wildman–Crippen MR) is 256 cm³/mol. The van der Waals surface area contributed by atoms with Crippen LogP contribution in [-0.2, 0) is 56.0 Å². The van der Waals surface area contributed by atoms with Crippen molar-refractivity contribution in [1.82, 2.24) is 31.0 Å². The van der Waals surface area contributed by atoms with E-state index in [2.05, 4.69) is 73.1 Å². The minimum atomic E-state index is -0.929. The summed E-state index contributed by atoms with van der Waals surface area (Å²) in [7, 11) is 1.27. The number of nitrogens with two attached hydrogens (primary N) is 1. The smallest absolute Gasteiger partial charge is 0.250 e. The lowest BCUT2D eigenvalue weighted by molar-refractivity contribution is -0.184. The van der Waals surface area contributed by atoms with Gasteiger partial charge in [-0.25, -0.2) is 27.5 Å². The molecule has 2 aromatic heterocycles. The van der Waals surface area contributed by atoms with Gasteiger partial charge < -0.3 is 31.9 Å². The molecule has 4 atom stereocenters. The van der Waals surface area contributed by atoms with Gasteiger partial charge in [-0.1, -0.05) is 41.5 Å². The summed E-state index contributed by atoms with van der Waals surface area (Å²) >= 11 is 3.28. The maximum atomic E-state index is 13.5. The van der Waals surface area contributed by atoms with Crippen molar-refractivity contribution < 1.29 is 47.0 Å². The van der Waals surface area contributed by atoms with Gasteiger partial charge in [-0.15, -0.1) is 22.7 Å². The number of amides is 3. The molecule has 2 aliphatic rings. The van der Waals surface area contributed by atoms with Crippen LogP contribution >= 0.6 is 22.7 Å². The normalized spacial score (nSPS) is 16.5. The van der Waals surface area contributed by atoms with Crippen LogP contribution in [0, 0.1) is 34.1 Å². The number of aliphatic hydroxyl groups excluding tert-OH is 2. The summed E-state index contributed by atoms with van der Waals surface area (Å²) in [5.74, 6) is -3.78. The first kappa shape index (κ1) is 56.4. The van der Waals surface area contributed by atoms with Gasteiger partial charge in [0, 0.05) is 62.8 Å². The molecule has 0 radical (unpaired) electrons. The molecule has 376 valence electrons. The zero-order chi connectivity index (χ0) is 50.8. The maximum absolute atomic E-state index is 13.5. The zero-order valence-corrected chi connectivity index (χ0v) is 42.4. The van der Waals surface area contributed by atoms with Crippen molar-refractivity contribution in [3.63, 3.8) is 0 Å². The zero-order valence-electron chi connectivity index (χ0n) is 40.8. The van der Waals surface area contributed by atoms with Crippen LogP contribution < -0.4 is 21.7 Å². The van der Waals surface area contributed by atoms with Crippen LogP contribution in [0.25, 0.3) is 0 Å². The minimum absolute atomic E-state index is 0.122. The molecule has 2 aliphatic carbocycles. The van der Waals surface area contributed by atoms with Crippen molar-refractivity contribution in [2.45, 2.75) is 149 Å². The van der Waals surface area contributed by atoms with Gasteiger partial charge in [-0.05, 0) is 97.6 Å². The SMILES string of the molecule is CC(=O)NC(Cc1cc(F)cc(F)c1)C(O)CNC1(c2nc(CC(C)(C)C)cs2)CC1.CC(C)(C)Cc1csc(C2(NCC(O)C(N)Cc3cc(F)cc(F)c3)CC2)n1.CON(C(C)=O)C(C)=O. The second kappa shape index (κ2) is 24.1. The van der Waals surface area contributed by atoms with Gasteiger partial charge in [-0.3, -0.25) is 19.2 Å². The van der Waals surface area contributed by atoms with Crippen LogP contribution in [0.15, 0.2) is 47.2 Å². The highest BCUT2D eigenvalue weighted by Crippen LogP contribution is 2.48. The Morgan fingerprint density at radius 3 is 1.41 bits per heavy atom. The van der Waals surface area contributed by atoms with Gasteiger partial charge in [0.25, 0.3) is 0 Å². The summed E-state index contributed by atoms with van der Waals surface area (Å²) < 4.78 is 53.7. The fourth-order valence-electron chi connectivity index (χ4n) is 7.52. The van der Waals surface area contributed by atoms with Crippen molar-refractivity contribution in [2.75, 3.05) is 20.2 Å². The molecule has 4 aromatic rings. The van der Waals surface area contributed by atoms with Crippen LogP contribution in [-0.4, -0.2) is 87.5 Å². The van der Waals surface area contributed by atoms with E-state index < -0.39 is 59.4 Å². The number of hydrogen-bond acceptors (Lipinski definition) is 13. The molecule has 6 rings (SSSR count). The van der Waals surface area contributed by atoms with Crippen molar-refractivity contribution in [3.8, 4) is 0 Å². The molecule has 13 nitrogen and oxygen atoms in total. The number of aromatic nitrogens is 2. The minimum Gasteiger partial charge on any atom is -0.390 e. The second-order valence-electron chi connectivity index (χ2n) is 20.3. The van der Waals surface area contributed by atoms with E-state index in [0.29, 0.717) is 22.7 Å². The number of aliphatic hydroxyl groups is 2. The van der Waals surface area contributed by atoms with Crippen molar-refractivity contribution >= 4 is 40.4 Å². The summed E-state index contributed by atoms with van der Waals surface area (Å²) in [6.45, 7) is 17.5. The lowest BCUT2D eigenvalue weighted by Gasteiger charge is -2.26. The standard InChI is InChI=1S/C23H31F2N3O2S.C21H29F2N3OS.C5H9NO3/c1-14(29)27-19(9-15-7-16(24)10-17(25)8-15)20(30)12-26-23(5-6-23)21-28-18(13-31-21)11-22(2,3)4;1-20(2,3)10-16-12-28-19(26-16)21(4-5-21)25-11-18(27)17(24)8-13-6-14(22)9-15(23)7-13;1-4(7)6(9-3)5(2)8/h7-8,10,13,19-20,26,30H,5-6,9,11-12H2,1-4H3,(H,27,29);6-7,9,12,17-18,25,27H,4-5,8,10-11,24H2,1-3H3;1-3H3. The summed E-state index contributed by atoms with van der Waals surface area (Å²) in [5.41, 5.74) is 8.99. The van der Waals surface area contributed by atoms with Crippen LogP contribution in [0.4, 0.5) is 17.6 Å². The van der Waals surface area contributed by atoms with E-state index in [4.69, 9.17) is 15.7 Å². The molecule has 2 aromatic carbocycles. The van der Waals surface area contributed by atoms with Gasteiger partial charge in [0.2, 0.25) is 17.7 Å². The number of nitrogens with zero attached hydrogens (tertiary/aromatic N) is 3. The molecule has 0 bridgehead atoms. The number of carbonyl (C=O) groups is 3. The van der Waals surface area contributed by atoms with Crippen molar-refractivity contribution in [2.24, 2.45) is 16.6 Å². The van der Waals surface area contributed by atoms with Crippen molar-refractivity contribution in [3.05, 3.63) is 103 Å². The molecule has 2 heterocycles. The molecule has 0 aliphatic heterocycles. The first-order valence-electron chi connectivity index (χ1n) is 22.7. The third-order valence-corrected chi connectivity index (χ3v) is 13.2. The number of imide groups is 1. The van der Waals surface area contributed by atoms with Gasteiger partial charge in [0.15, 0.2) is 0 Å². The van der Waals surface area contributed by atoms with E-state index in [1.807, 2.05) is 0 Å². The summed E-state index contributed by atoms with van der Waals surface area (Å²) in [5, 5.41) is 37.7. The highest BCUT2D eigenvalue weighted by Gasteiger charge is 2.48. The van der Waals surface area contributed by atoms with Crippen LogP contribution in [0.1, 0.15) is 121 Å². The Labute approximate surface area is 405 Å². The third-order valence-electron chi connectivity index (χ3n) is 11.0. The van der Waals surface area contributed by atoms with Crippen LogP contribution in [0.2, 0.25) is 0 Å². The quantitative estimate of drug-likeness (QED) is 0.0438. The monoisotopic (exact) mass is 991 g/mol. The number of rotatable bonds is 18. The number of halogens is 4. The molecular weight excluding hydrogens is 923 g/mol. The van der Waals surface area contributed by atoms with E-state index in [1.165, 1.54) is 52.1 Å². The molecule has 2 fully saturated rings. The second-order valence-corrected chi connectivity index (χ2v) is 22.0. The third kappa shape index (κ3) is 18.3. The van der Waals surface area contributed by atoms with Gasteiger partial charge in [0.1, 0.15) is 33.3 Å². The number of hydroxylamine groups is 2. The van der Waals surface area contributed by atoms with E-state index in [0.717, 1.165) is 72.1 Å². The Kier molecular flexibility index (Phi) is 20.0. The Balaban J connectivity index is 0.000000252.